The number of pyridine rings is 1. The van der Waals surface area contributed by atoms with Crippen molar-refractivity contribution in [3.8, 4) is 23.7 Å². The molecule has 1 aliphatic rings. The number of nitriles is 1. The lowest BCUT2D eigenvalue weighted by atomic mass is 9.90. The van der Waals surface area contributed by atoms with Crippen LogP contribution in [0, 0.1) is 34.8 Å². The first-order valence-electron chi connectivity index (χ1n) is 11.5. The molecule has 8 heteroatoms. The second-order valence-corrected chi connectivity index (χ2v) is 8.62. The third kappa shape index (κ3) is 4.95. The second kappa shape index (κ2) is 10.0. The van der Waals surface area contributed by atoms with Gasteiger partial charge in [0.05, 0.1) is 18.2 Å². The molecule has 1 aromatic heterocycles. The number of aromatic nitrogens is 1. The molecule has 0 N–H and O–H groups in total. The van der Waals surface area contributed by atoms with Gasteiger partial charge in [0.15, 0.2) is 5.60 Å². The number of hydrogen-bond donors (Lipinski definition) is 0. The zero-order chi connectivity index (χ0) is 26.8. The first-order chi connectivity index (χ1) is 18.3. The molecule has 1 aliphatic heterocycles. The molecule has 0 aliphatic carbocycles. The number of halogens is 4. The highest BCUT2D eigenvalue weighted by atomic mass is 19.3. The molecule has 3 aromatic carbocycles. The van der Waals surface area contributed by atoms with Gasteiger partial charge in [0.25, 0.3) is 0 Å². The van der Waals surface area contributed by atoms with Crippen molar-refractivity contribution in [2.45, 2.75) is 18.1 Å². The predicted molar refractivity (Wildman–Crippen MR) is 130 cm³/mol. The molecule has 38 heavy (non-hydrogen) atoms. The summed E-state index contributed by atoms with van der Waals surface area (Å²) in [6.07, 6.45) is 1.21. The third-order valence-electron chi connectivity index (χ3n) is 6.09. The molecule has 4 aromatic rings. The Morgan fingerprint density at radius 3 is 2.16 bits per heavy atom. The normalized spacial score (nSPS) is 16.2. The maximum atomic E-state index is 15.3. The Morgan fingerprint density at radius 2 is 1.55 bits per heavy atom. The van der Waals surface area contributed by atoms with E-state index in [1.54, 1.807) is 36.4 Å². The van der Waals surface area contributed by atoms with Crippen LogP contribution >= 0.6 is 0 Å². The summed E-state index contributed by atoms with van der Waals surface area (Å²) in [5.74, 6) is 0.840. The van der Waals surface area contributed by atoms with Gasteiger partial charge in [0.2, 0.25) is 0 Å². The monoisotopic (exact) mass is 514 g/mol. The molecule has 0 amide bonds. The Bertz CT molecular complexity index is 1560. The van der Waals surface area contributed by atoms with Crippen LogP contribution in [0.5, 0.6) is 5.75 Å². The summed E-state index contributed by atoms with van der Waals surface area (Å²) in [7, 11) is 0. The fraction of sp³-hybridized carbons (Fsp3) is 0.133. The smallest absolute Gasteiger partial charge is 0.324 e. The van der Waals surface area contributed by atoms with E-state index in [9.17, 15) is 8.78 Å². The minimum Gasteiger partial charge on any atom is -0.489 e. The summed E-state index contributed by atoms with van der Waals surface area (Å²) in [5.41, 5.74) is -0.652. The minimum atomic E-state index is -3.65. The number of ether oxygens (including phenoxy) is 2. The molecule has 0 spiro atoms. The quantitative estimate of drug-likeness (QED) is 0.174. The zero-order valence-electron chi connectivity index (χ0n) is 19.7. The summed E-state index contributed by atoms with van der Waals surface area (Å²) < 4.78 is 68.8. The minimum absolute atomic E-state index is 0.347. The van der Waals surface area contributed by atoms with Gasteiger partial charge in [0.1, 0.15) is 29.7 Å². The predicted octanol–water partition coefficient (Wildman–Crippen LogP) is 6.23. The van der Waals surface area contributed by atoms with Gasteiger partial charge >= 0.3 is 5.92 Å². The van der Waals surface area contributed by atoms with Crippen molar-refractivity contribution < 1.29 is 27.0 Å². The van der Waals surface area contributed by atoms with Crippen LogP contribution in [0.25, 0.3) is 0 Å². The fourth-order valence-electron chi connectivity index (χ4n) is 3.88. The van der Waals surface area contributed by atoms with Gasteiger partial charge in [0, 0.05) is 29.0 Å². The van der Waals surface area contributed by atoms with E-state index in [-0.39, 0.29) is 0 Å². The molecule has 0 radical (unpaired) electrons. The van der Waals surface area contributed by atoms with E-state index >= 15 is 8.78 Å². The van der Waals surface area contributed by atoms with E-state index in [1.165, 1.54) is 12.3 Å². The molecule has 0 bridgehead atoms. The number of rotatable bonds is 6. The maximum absolute atomic E-state index is 15.3. The lowest BCUT2D eigenvalue weighted by molar-refractivity contribution is -0.0901. The van der Waals surface area contributed by atoms with E-state index in [1.807, 2.05) is 12.1 Å². The highest BCUT2D eigenvalue weighted by Gasteiger charge is 2.68. The lowest BCUT2D eigenvalue weighted by Gasteiger charge is -2.24. The van der Waals surface area contributed by atoms with Gasteiger partial charge < -0.3 is 9.47 Å². The van der Waals surface area contributed by atoms with Crippen molar-refractivity contribution in [3.63, 3.8) is 0 Å². The van der Waals surface area contributed by atoms with Crippen LogP contribution in [0.15, 0.2) is 85.1 Å². The van der Waals surface area contributed by atoms with Crippen LogP contribution in [0.3, 0.4) is 0 Å². The van der Waals surface area contributed by atoms with Crippen LogP contribution < -0.4 is 4.74 Å². The molecule has 1 fully saturated rings. The second-order valence-electron chi connectivity index (χ2n) is 8.62. The van der Waals surface area contributed by atoms with Gasteiger partial charge in [-0.1, -0.05) is 24.0 Å². The first-order valence-corrected chi connectivity index (χ1v) is 11.5. The van der Waals surface area contributed by atoms with Gasteiger partial charge in [-0.05, 0) is 66.2 Å². The van der Waals surface area contributed by atoms with Gasteiger partial charge in [-0.2, -0.15) is 14.0 Å². The summed E-state index contributed by atoms with van der Waals surface area (Å²) >= 11 is 0. The summed E-state index contributed by atoms with van der Waals surface area (Å²) in [6.45, 7) is -0.0709. The third-order valence-corrected chi connectivity index (χ3v) is 6.09. The average Bonchev–Trinajstić information content (AvgIpc) is 3.74. The van der Waals surface area contributed by atoms with Gasteiger partial charge in [-0.15, -0.1) is 0 Å². The Morgan fingerprint density at radius 1 is 0.895 bits per heavy atom. The molecule has 0 saturated carbocycles. The molecule has 188 valence electrons. The van der Waals surface area contributed by atoms with E-state index in [2.05, 4.69) is 22.9 Å². The average molecular weight is 514 g/mol. The molecule has 1 atom stereocenters. The van der Waals surface area contributed by atoms with E-state index < -0.39 is 41.0 Å². The molecule has 4 nitrogen and oxygen atoms in total. The molecular formula is C30H18F4N2O2. The van der Waals surface area contributed by atoms with E-state index in [4.69, 9.17) is 14.7 Å². The molecular weight excluding hydrogens is 496 g/mol. The van der Waals surface area contributed by atoms with E-state index in [0.29, 0.717) is 35.1 Å². The number of epoxide rings is 1. The van der Waals surface area contributed by atoms with Crippen LogP contribution in [-0.4, -0.2) is 11.6 Å². The number of hydrogen-bond acceptors (Lipinski definition) is 4. The summed E-state index contributed by atoms with van der Waals surface area (Å²) in [6, 6.07) is 21.2. The lowest BCUT2D eigenvalue weighted by Crippen LogP contribution is -2.34. The SMILES string of the molecule is N#Cc1ccc(COc2ccc(C#Cc3ccc(C(F)(F)C4(c5ccc(F)cc5F)CO4)nc3)cc2)cc1. The van der Waals surface area contributed by atoms with Crippen molar-refractivity contribution in [3.05, 3.63) is 130 Å². The molecule has 1 unspecified atom stereocenters. The summed E-state index contributed by atoms with van der Waals surface area (Å²) in [5, 5.41) is 8.86. The fourth-order valence-corrected chi connectivity index (χ4v) is 3.88. The van der Waals surface area contributed by atoms with Crippen molar-refractivity contribution >= 4 is 0 Å². The standard InChI is InChI=1S/C30H18F4N2O2/c31-24-10-13-26(27(32)15-24)29(19-38-29)30(33,34)28-14-9-22(17-36-28)4-1-20-7-11-25(12-8-20)37-18-23-5-2-21(16-35)3-6-23/h2-3,5-15,17H,18-19H2. The van der Waals surface area contributed by atoms with Crippen LogP contribution in [0.2, 0.25) is 0 Å². The Hall–Kier alpha value is -4.66. The zero-order valence-corrected chi connectivity index (χ0v) is 19.7. The Kier molecular flexibility index (Phi) is 6.59. The topological polar surface area (TPSA) is 58.4 Å². The highest BCUT2D eigenvalue weighted by Crippen LogP contribution is 2.56. The highest BCUT2D eigenvalue weighted by molar-refractivity contribution is 5.44. The van der Waals surface area contributed by atoms with Gasteiger partial charge in [-0.3, -0.25) is 4.98 Å². The van der Waals surface area contributed by atoms with Gasteiger partial charge in [-0.25, -0.2) is 8.78 Å². The summed E-state index contributed by atoms with van der Waals surface area (Å²) in [4.78, 5) is 3.85. The Balaban J connectivity index is 1.24. The van der Waals surface area contributed by atoms with Crippen molar-refractivity contribution in [2.75, 3.05) is 6.61 Å². The largest absolute Gasteiger partial charge is 0.489 e. The Labute approximate surface area is 216 Å². The van der Waals surface area contributed by atoms with Crippen molar-refractivity contribution in [1.82, 2.24) is 4.98 Å². The molecule has 1 saturated heterocycles. The van der Waals surface area contributed by atoms with Crippen LogP contribution in [-0.2, 0) is 22.9 Å². The number of nitrogens with zero attached hydrogens (tertiary/aromatic N) is 2. The van der Waals surface area contributed by atoms with Crippen molar-refractivity contribution in [1.29, 1.82) is 5.26 Å². The first kappa shape index (κ1) is 25.0. The number of benzene rings is 3. The molecule has 5 rings (SSSR count). The van der Waals surface area contributed by atoms with Crippen molar-refractivity contribution in [2.24, 2.45) is 0 Å². The maximum Gasteiger partial charge on any atom is 0.324 e. The number of alkyl halides is 2. The van der Waals surface area contributed by atoms with E-state index in [0.717, 1.165) is 23.8 Å². The molecule has 2 heterocycles. The van der Waals surface area contributed by atoms with Crippen LogP contribution in [0.1, 0.15) is 33.5 Å². The van der Waals surface area contributed by atoms with Crippen LogP contribution in [0.4, 0.5) is 17.6 Å².